The minimum Gasteiger partial charge on any atom is -0.326 e. The van der Waals surface area contributed by atoms with Crippen molar-refractivity contribution in [3.63, 3.8) is 0 Å². The Hall–Kier alpha value is -3.39. The number of carbonyl (C=O) groups excluding carboxylic acids is 2. The summed E-state index contributed by atoms with van der Waals surface area (Å²) in [4.78, 5) is 37.1. The van der Waals surface area contributed by atoms with Crippen LogP contribution < -0.4 is 10.6 Å². The first-order chi connectivity index (χ1) is 16.0. The highest BCUT2D eigenvalue weighted by Crippen LogP contribution is 2.27. The van der Waals surface area contributed by atoms with Crippen molar-refractivity contribution in [1.29, 1.82) is 0 Å². The maximum atomic E-state index is 12.9. The van der Waals surface area contributed by atoms with E-state index in [0.29, 0.717) is 18.2 Å². The number of aromatic nitrogens is 2. The second-order valence-corrected chi connectivity index (χ2v) is 9.17. The van der Waals surface area contributed by atoms with Gasteiger partial charge in [-0.25, -0.2) is 14.8 Å². The van der Waals surface area contributed by atoms with E-state index >= 15 is 0 Å². The van der Waals surface area contributed by atoms with E-state index in [0.717, 1.165) is 40.5 Å². The Bertz CT molecular complexity index is 1100. The van der Waals surface area contributed by atoms with E-state index < -0.39 is 0 Å². The molecule has 4 rings (SSSR count). The van der Waals surface area contributed by atoms with E-state index in [2.05, 4.69) is 20.6 Å². The fourth-order valence-corrected chi connectivity index (χ4v) is 4.66. The minimum atomic E-state index is -0.238. The molecule has 0 radical (unpaired) electrons. The molecule has 1 atom stereocenters. The lowest BCUT2D eigenvalue weighted by Crippen LogP contribution is -2.45. The smallest absolute Gasteiger partial charge is 0.321 e. The number of urea groups is 1. The number of nitrogens with zero attached hydrogens (tertiary/aromatic N) is 3. The zero-order valence-electron chi connectivity index (χ0n) is 18.7. The number of aryl methyl sites for hydroxylation is 2. The first-order valence-electron chi connectivity index (χ1n) is 11.0. The fourth-order valence-electron chi connectivity index (χ4n) is 3.79. The molecule has 2 aromatic carbocycles. The molecule has 2 N–H and O–H groups in total. The van der Waals surface area contributed by atoms with Crippen LogP contribution in [0.25, 0.3) is 0 Å². The number of piperidine rings is 1. The van der Waals surface area contributed by atoms with E-state index in [1.54, 1.807) is 4.90 Å². The highest BCUT2D eigenvalue weighted by molar-refractivity contribution is 7.99. The standard InChI is InChI=1S/C25H27N5O2S/c1-17-15-18(2)27-24(26-17)33-22-12-10-21(11-13-22)28-23(31)19-7-6-14-30(16-19)25(32)29-20-8-4-3-5-9-20/h3-5,8-13,15,19H,6-7,14,16H2,1-2H3,(H,28,31)(H,29,32). The number of benzene rings is 2. The summed E-state index contributed by atoms with van der Waals surface area (Å²) in [5, 5.41) is 6.60. The number of amides is 3. The van der Waals surface area contributed by atoms with Crippen molar-refractivity contribution in [3.8, 4) is 0 Å². The second-order valence-electron chi connectivity index (χ2n) is 8.13. The first-order valence-corrected chi connectivity index (χ1v) is 11.8. The van der Waals surface area contributed by atoms with E-state index in [1.807, 2.05) is 74.5 Å². The molecule has 0 bridgehead atoms. The molecule has 3 aromatic rings. The maximum absolute atomic E-state index is 12.9. The van der Waals surface area contributed by atoms with Gasteiger partial charge in [-0.15, -0.1) is 0 Å². The highest BCUT2D eigenvalue weighted by Gasteiger charge is 2.28. The van der Waals surface area contributed by atoms with Crippen LogP contribution in [0.5, 0.6) is 0 Å². The molecule has 8 heteroatoms. The van der Waals surface area contributed by atoms with Gasteiger partial charge in [0.05, 0.1) is 5.92 Å². The fraction of sp³-hybridized carbons (Fsp3) is 0.280. The zero-order chi connectivity index (χ0) is 23.2. The van der Waals surface area contributed by atoms with Gasteiger partial charge in [-0.1, -0.05) is 18.2 Å². The lowest BCUT2D eigenvalue weighted by Gasteiger charge is -2.32. The van der Waals surface area contributed by atoms with Crippen LogP contribution in [-0.2, 0) is 4.79 Å². The number of hydrogen-bond donors (Lipinski definition) is 2. The number of rotatable bonds is 5. The summed E-state index contributed by atoms with van der Waals surface area (Å²) >= 11 is 1.49. The summed E-state index contributed by atoms with van der Waals surface area (Å²) in [5.74, 6) is -0.303. The van der Waals surface area contributed by atoms with Gasteiger partial charge in [0.2, 0.25) is 5.91 Å². The Morgan fingerprint density at radius 1 is 0.939 bits per heavy atom. The lowest BCUT2D eigenvalue weighted by atomic mass is 9.97. The predicted octanol–water partition coefficient (Wildman–Crippen LogP) is 5.13. The van der Waals surface area contributed by atoms with Gasteiger partial charge in [-0.05, 0) is 80.9 Å². The Morgan fingerprint density at radius 3 is 2.30 bits per heavy atom. The Labute approximate surface area is 198 Å². The molecule has 2 heterocycles. The number of nitrogens with one attached hydrogen (secondary N) is 2. The van der Waals surface area contributed by atoms with Crippen molar-refractivity contribution in [2.45, 2.75) is 36.7 Å². The van der Waals surface area contributed by atoms with Gasteiger partial charge in [0.1, 0.15) is 0 Å². The molecule has 0 saturated carbocycles. The molecule has 0 spiro atoms. The Morgan fingerprint density at radius 2 is 1.61 bits per heavy atom. The van der Waals surface area contributed by atoms with Crippen LogP contribution >= 0.6 is 11.8 Å². The monoisotopic (exact) mass is 461 g/mol. The molecule has 1 aliphatic rings. The third-order valence-electron chi connectivity index (χ3n) is 5.40. The average molecular weight is 462 g/mol. The Balaban J connectivity index is 1.32. The van der Waals surface area contributed by atoms with Crippen LogP contribution in [-0.4, -0.2) is 39.9 Å². The van der Waals surface area contributed by atoms with Crippen molar-refractivity contribution in [2.24, 2.45) is 5.92 Å². The average Bonchev–Trinajstić information content (AvgIpc) is 2.80. The highest BCUT2D eigenvalue weighted by atomic mass is 32.2. The number of hydrogen-bond acceptors (Lipinski definition) is 5. The van der Waals surface area contributed by atoms with E-state index in [4.69, 9.17) is 0 Å². The normalized spacial score (nSPS) is 15.7. The first kappa shape index (κ1) is 22.8. The van der Waals surface area contributed by atoms with Gasteiger partial charge >= 0.3 is 6.03 Å². The summed E-state index contributed by atoms with van der Waals surface area (Å²) in [5.41, 5.74) is 3.36. The van der Waals surface area contributed by atoms with Gasteiger partial charge in [0, 0.05) is 40.7 Å². The largest absolute Gasteiger partial charge is 0.326 e. The van der Waals surface area contributed by atoms with Gasteiger partial charge < -0.3 is 15.5 Å². The summed E-state index contributed by atoms with van der Waals surface area (Å²) < 4.78 is 0. The van der Waals surface area contributed by atoms with Crippen LogP contribution in [0.1, 0.15) is 24.2 Å². The summed E-state index contributed by atoms with van der Waals surface area (Å²) in [6.07, 6.45) is 1.56. The molecule has 0 aliphatic carbocycles. The molecule has 33 heavy (non-hydrogen) atoms. The molecular weight excluding hydrogens is 434 g/mol. The summed E-state index contributed by atoms with van der Waals surface area (Å²) in [6, 6.07) is 18.8. The van der Waals surface area contributed by atoms with Gasteiger partial charge in [0.15, 0.2) is 5.16 Å². The summed E-state index contributed by atoms with van der Waals surface area (Å²) in [6.45, 7) is 4.96. The number of anilines is 2. The zero-order valence-corrected chi connectivity index (χ0v) is 19.6. The van der Waals surface area contributed by atoms with Gasteiger partial charge in [0.25, 0.3) is 0 Å². The van der Waals surface area contributed by atoms with Crippen LogP contribution in [0.3, 0.4) is 0 Å². The van der Waals surface area contributed by atoms with Crippen molar-refractivity contribution >= 4 is 35.1 Å². The van der Waals surface area contributed by atoms with Crippen LogP contribution in [0, 0.1) is 19.8 Å². The number of likely N-dealkylation sites (tertiary alicyclic amines) is 1. The van der Waals surface area contributed by atoms with Crippen molar-refractivity contribution in [1.82, 2.24) is 14.9 Å². The van der Waals surface area contributed by atoms with Crippen molar-refractivity contribution in [3.05, 3.63) is 72.1 Å². The SMILES string of the molecule is Cc1cc(C)nc(Sc2ccc(NC(=O)C3CCCN(C(=O)Nc4ccccc4)C3)cc2)n1. The molecule has 1 fully saturated rings. The van der Waals surface area contributed by atoms with Crippen LogP contribution in [0.2, 0.25) is 0 Å². The van der Waals surface area contributed by atoms with Crippen molar-refractivity contribution < 1.29 is 9.59 Å². The molecule has 1 aliphatic heterocycles. The van der Waals surface area contributed by atoms with Crippen molar-refractivity contribution in [2.75, 3.05) is 23.7 Å². The molecule has 1 unspecified atom stereocenters. The summed E-state index contributed by atoms with van der Waals surface area (Å²) in [7, 11) is 0. The van der Waals surface area contributed by atoms with Gasteiger partial charge in [-0.3, -0.25) is 4.79 Å². The van der Waals surface area contributed by atoms with Gasteiger partial charge in [-0.2, -0.15) is 0 Å². The molecule has 1 aromatic heterocycles. The third-order valence-corrected chi connectivity index (χ3v) is 6.27. The third kappa shape index (κ3) is 6.32. The maximum Gasteiger partial charge on any atom is 0.321 e. The minimum absolute atomic E-state index is 0.0646. The second kappa shape index (κ2) is 10.5. The quantitative estimate of drug-likeness (QED) is 0.515. The van der Waals surface area contributed by atoms with E-state index in [-0.39, 0.29) is 17.9 Å². The molecule has 7 nitrogen and oxygen atoms in total. The molecule has 3 amide bonds. The number of para-hydroxylation sites is 1. The molecular formula is C25H27N5O2S. The predicted molar refractivity (Wildman–Crippen MR) is 130 cm³/mol. The topological polar surface area (TPSA) is 87.2 Å². The lowest BCUT2D eigenvalue weighted by molar-refractivity contribution is -0.121. The Kier molecular flexibility index (Phi) is 7.24. The molecule has 1 saturated heterocycles. The van der Waals surface area contributed by atoms with E-state index in [1.165, 1.54) is 11.8 Å². The number of carbonyl (C=O) groups is 2. The van der Waals surface area contributed by atoms with Crippen LogP contribution in [0.4, 0.5) is 16.2 Å². The van der Waals surface area contributed by atoms with Crippen LogP contribution in [0.15, 0.2) is 70.7 Å². The van der Waals surface area contributed by atoms with E-state index in [9.17, 15) is 9.59 Å². The molecule has 170 valence electrons.